The van der Waals surface area contributed by atoms with Crippen molar-refractivity contribution in [2.24, 2.45) is 0 Å². The first-order valence-electron chi connectivity index (χ1n) is 32.0. The maximum absolute atomic E-state index is 6.91. The van der Waals surface area contributed by atoms with Crippen molar-refractivity contribution in [2.75, 3.05) is 9.80 Å². The van der Waals surface area contributed by atoms with E-state index in [1.165, 1.54) is 77.1 Å². The predicted octanol–water partition coefficient (Wildman–Crippen LogP) is 24.2. The van der Waals surface area contributed by atoms with Crippen LogP contribution in [-0.2, 0) is 32.5 Å². The monoisotopic (exact) mass is 1150 g/mol. The predicted molar refractivity (Wildman–Crippen MR) is 375 cm³/mol. The zero-order chi connectivity index (χ0) is 61.7. The summed E-state index contributed by atoms with van der Waals surface area (Å²) in [6.07, 6.45) is 0. The lowest BCUT2D eigenvalue weighted by molar-refractivity contribution is 0.400. The first-order chi connectivity index (χ1) is 41.5. The van der Waals surface area contributed by atoms with E-state index < -0.39 is 0 Å². The number of hydrogen-bond acceptors (Lipinski definition) is 4. The summed E-state index contributed by atoms with van der Waals surface area (Å²) in [5.41, 5.74) is 23.2. The van der Waals surface area contributed by atoms with E-state index in [-0.39, 0.29) is 44.4 Å². The number of furan rings is 2. The van der Waals surface area contributed by atoms with Gasteiger partial charge in [0, 0.05) is 95.6 Å². The molecule has 442 valence electrons. The minimum Gasteiger partial charge on any atom is -0.456 e. The van der Waals surface area contributed by atoms with Crippen molar-refractivity contribution in [3.05, 3.63) is 226 Å². The minimum absolute atomic E-state index is 0.0183. The fourth-order valence-corrected chi connectivity index (χ4v) is 15.3. The van der Waals surface area contributed by atoms with Crippen LogP contribution in [0, 0.1) is 0 Å². The number of nitrogens with zero attached hydrogens (tertiary/aromatic N) is 3. The smallest absolute Gasteiger partial charge is 0.139 e. The number of rotatable bonds is 6. The minimum atomic E-state index is -0.221. The van der Waals surface area contributed by atoms with Crippen LogP contribution in [0.4, 0.5) is 34.1 Å². The van der Waals surface area contributed by atoms with Crippen molar-refractivity contribution >= 4 is 111 Å². The molecule has 10 aromatic carbocycles. The van der Waals surface area contributed by atoms with Gasteiger partial charge in [-0.05, 0) is 168 Å². The quantitative estimate of drug-likeness (QED) is 0.166. The lowest BCUT2D eigenvalue weighted by Crippen LogP contribution is -2.24. The van der Waals surface area contributed by atoms with Gasteiger partial charge in [0.2, 0.25) is 0 Å². The Hall–Kier alpha value is -8.54. The van der Waals surface area contributed by atoms with Gasteiger partial charge in [-0.1, -0.05) is 197 Å². The van der Waals surface area contributed by atoms with Gasteiger partial charge in [0.25, 0.3) is 0 Å². The van der Waals surface area contributed by atoms with Gasteiger partial charge in [0.1, 0.15) is 22.3 Å². The summed E-state index contributed by atoms with van der Waals surface area (Å²) in [6, 6.07) is 69.8. The number of anilines is 6. The number of fused-ring (bicyclic) bond motifs is 15. The number of hydrogen-bond donors (Lipinski definition) is 0. The van der Waals surface area contributed by atoms with Crippen LogP contribution in [-0.4, -0.2) is 4.57 Å². The molecular formula is C83H83N3O2. The van der Waals surface area contributed by atoms with Crippen LogP contribution in [0.2, 0.25) is 0 Å². The van der Waals surface area contributed by atoms with Crippen LogP contribution in [0.25, 0.3) is 76.5 Å². The Labute approximate surface area is 519 Å². The molecule has 3 aromatic heterocycles. The fourth-order valence-electron chi connectivity index (χ4n) is 15.3. The Morgan fingerprint density at radius 1 is 0.364 bits per heavy atom. The summed E-state index contributed by atoms with van der Waals surface area (Å²) in [6.45, 7) is 39.5. The average molecular weight is 1150 g/mol. The van der Waals surface area contributed by atoms with Crippen LogP contribution in [0.3, 0.4) is 0 Å². The number of aromatic nitrogens is 1. The van der Waals surface area contributed by atoms with Crippen LogP contribution in [0.15, 0.2) is 191 Å². The Balaban J connectivity index is 0.898. The lowest BCUT2D eigenvalue weighted by atomic mass is 9.73. The molecule has 0 saturated heterocycles. The third-order valence-electron chi connectivity index (χ3n) is 20.1. The second kappa shape index (κ2) is 18.7. The van der Waals surface area contributed by atoms with Gasteiger partial charge in [-0.25, -0.2) is 0 Å². The highest BCUT2D eigenvalue weighted by Crippen LogP contribution is 2.64. The van der Waals surface area contributed by atoms with Gasteiger partial charge in [-0.15, -0.1) is 0 Å². The van der Waals surface area contributed by atoms with Crippen LogP contribution in [0.5, 0.6) is 0 Å². The maximum Gasteiger partial charge on any atom is 0.139 e. The van der Waals surface area contributed by atoms with Gasteiger partial charge in [-0.3, -0.25) is 0 Å². The van der Waals surface area contributed by atoms with E-state index in [0.29, 0.717) is 0 Å². The van der Waals surface area contributed by atoms with Crippen molar-refractivity contribution in [1.82, 2.24) is 4.57 Å². The van der Waals surface area contributed by atoms with Gasteiger partial charge >= 0.3 is 0 Å². The van der Waals surface area contributed by atoms with Crippen molar-refractivity contribution in [1.29, 1.82) is 0 Å². The second-order valence-electron chi connectivity index (χ2n) is 31.6. The molecule has 0 bridgehead atoms. The van der Waals surface area contributed by atoms with Crippen LogP contribution in [0.1, 0.15) is 174 Å². The Bertz CT molecular complexity index is 5020. The first kappa shape index (κ1) is 56.0. The SMILES string of the molecule is CC(C)(C)c1ccc(N(c2ccc3c(c2)C(C)(C)C2c4cc(C(C)(C)C)cc5c6cc7ccc(N(c8ccc(C(C)(C)C)cc8)c8ccc9c(c8)oc8c(C(C)(C)C)cccc89)cc7cc6n(c45)C32)c2ccc3c(c2)oc2c(C(C)(C)C)cccc23)cc1. The Kier molecular flexibility index (Phi) is 11.9. The van der Waals surface area contributed by atoms with E-state index in [1.807, 2.05) is 0 Å². The summed E-state index contributed by atoms with van der Waals surface area (Å²) in [5, 5.41) is 9.67. The molecule has 2 aliphatic rings. The Morgan fingerprint density at radius 2 is 0.830 bits per heavy atom. The van der Waals surface area contributed by atoms with Crippen molar-refractivity contribution < 1.29 is 8.83 Å². The topological polar surface area (TPSA) is 37.7 Å². The largest absolute Gasteiger partial charge is 0.456 e. The fraction of sp³-hybridized carbons (Fsp3) is 0.301. The molecule has 1 aliphatic heterocycles. The highest BCUT2D eigenvalue weighted by Gasteiger charge is 2.53. The highest BCUT2D eigenvalue weighted by atomic mass is 16.3. The molecule has 5 nitrogen and oxygen atoms in total. The molecular weight excluding hydrogens is 1070 g/mol. The van der Waals surface area contributed by atoms with Crippen molar-refractivity contribution in [3.8, 4) is 0 Å². The van der Waals surface area contributed by atoms with E-state index in [0.717, 1.165) is 78.0 Å². The molecule has 2 atom stereocenters. The van der Waals surface area contributed by atoms with E-state index in [4.69, 9.17) is 8.83 Å². The molecule has 0 fully saturated rings. The molecule has 0 saturated carbocycles. The summed E-state index contributed by atoms with van der Waals surface area (Å²) >= 11 is 0. The second-order valence-corrected chi connectivity index (χ2v) is 31.6. The molecule has 15 rings (SSSR count). The Morgan fingerprint density at radius 3 is 1.33 bits per heavy atom. The molecule has 13 aromatic rings. The van der Waals surface area contributed by atoms with E-state index >= 15 is 0 Å². The zero-order valence-corrected chi connectivity index (χ0v) is 54.6. The number of para-hydroxylation sites is 2. The standard InChI is InChI=1S/C83H83N3O2/c1-78(2,3)50-25-30-53(31-26-50)84(57-34-37-59-61-20-18-22-67(81(10,11)12)76(61)87-71(59)46-57)55-29-24-48-41-64-65-43-52(80(7,8)9)44-66-73-75(86(74(65)66)70(64)42-49(48)40-55)63-39-36-56(45-69(63)83(73,16)17)85(54-32-27-51(28-33-54)79(4,5)6)58-35-38-60-62-21-19-23-68(82(13,14)15)77(62)88-72(60)47-58/h18-47,73,75H,1-17H3. The van der Waals surface area contributed by atoms with E-state index in [2.05, 4.69) is 314 Å². The molecule has 2 unspecified atom stereocenters. The molecule has 1 aliphatic carbocycles. The molecule has 0 spiro atoms. The van der Waals surface area contributed by atoms with Gasteiger partial charge in [0.15, 0.2) is 0 Å². The number of benzene rings is 10. The van der Waals surface area contributed by atoms with Crippen LogP contribution >= 0.6 is 0 Å². The maximum atomic E-state index is 6.91. The van der Waals surface area contributed by atoms with Gasteiger partial charge < -0.3 is 23.2 Å². The van der Waals surface area contributed by atoms with Crippen molar-refractivity contribution in [3.63, 3.8) is 0 Å². The normalized spacial score (nSPS) is 16.1. The zero-order valence-electron chi connectivity index (χ0n) is 54.6. The first-order valence-corrected chi connectivity index (χ1v) is 32.0. The van der Waals surface area contributed by atoms with Crippen molar-refractivity contribution in [2.45, 2.75) is 162 Å². The third-order valence-corrected chi connectivity index (χ3v) is 20.1. The summed E-state index contributed by atoms with van der Waals surface area (Å²) in [5.74, 6) is 0.214. The van der Waals surface area contributed by atoms with Gasteiger partial charge in [0.05, 0.1) is 17.1 Å². The summed E-state index contributed by atoms with van der Waals surface area (Å²) in [4.78, 5) is 4.87. The molecule has 0 amide bonds. The summed E-state index contributed by atoms with van der Waals surface area (Å²) in [7, 11) is 0. The van der Waals surface area contributed by atoms with Crippen LogP contribution < -0.4 is 9.80 Å². The average Bonchev–Trinajstić information content (AvgIpc) is 1.51. The third kappa shape index (κ3) is 8.60. The highest BCUT2D eigenvalue weighted by molar-refractivity contribution is 6.16. The molecule has 5 heteroatoms. The summed E-state index contributed by atoms with van der Waals surface area (Å²) < 4.78 is 16.6. The van der Waals surface area contributed by atoms with E-state index in [1.54, 1.807) is 0 Å². The van der Waals surface area contributed by atoms with Gasteiger partial charge in [-0.2, -0.15) is 0 Å². The molecule has 88 heavy (non-hydrogen) atoms. The van der Waals surface area contributed by atoms with E-state index in [9.17, 15) is 0 Å². The lowest BCUT2D eigenvalue weighted by Gasteiger charge is -2.31. The molecule has 4 heterocycles. The molecule has 0 radical (unpaired) electrons. The molecule has 0 N–H and O–H groups in total.